The predicted octanol–water partition coefficient (Wildman–Crippen LogP) is 4.02. The second-order valence-electron chi connectivity index (χ2n) is 4.42. The Kier molecular flexibility index (Phi) is 5.43. The average molecular weight is 275 g/mol. The fourth-order valence-corrected chi connectivity index (χ4v) is 2.57. The molecule has 1 nitrogen and oxygen atoms in total. The number of rotatable bonds is 6. The molecule has 100 valence electrons. The maximum atomic E-state index is 13.3. The van der Waals surface area contributed by atoms with Crippen LogP contribution in [0.5, 0.6) is 0 Å². The summed E-state index contributed by atoms with van der Waals surface area (Å²) < 4.78 is 13.3. The predicted molar refractivity (Wildman–Crippen MR) is 80.0 cm³/mol. The molecular formula is C16H18FNS. The van der Waals surface area contributed by atoms with E-state index in [0.29, 0.717) is 12.1 Å². The fraction of sp³-hybridized carbons (Fsp3) is 0.250. The van der Waals surface area contributed by atoms with E-state index in [2.05, 4.69) is 17.4 Å². The second kappa shape index (κ2) is 7.31. The molecule has 0 fully saturated rings. The Bertz CT molecular complexity index is 513. The largest absolute Gasteiger partial charge is 0.312 e. The number of thioether (sulfide) groups is 1. The second-order valence-corrected chi connectivity index (χ2v) is 5.59. The Labute approximate surface area is 118 Å². The van der Waals surface area contributed by atoms with Gasteiger partial charge in [-0.15, -0.1) is 11.8 Å². The number of nitrogens with one attached hydrogen (secondary N) is 1. The van der Waals surface area contributed by atoms with E-state index in [1.54, 1.807) is 13.0 Å². The molecule has 0 saturated heterocycles. The molecule has 0 radical (unpaired) electrons. The van der Waals surface area contributed by atoms with Gasteiger partial charge in [-0.2, -0.15) is 0 Å². The van der Waals surface area contributed by atoms with E-state index in [1.807, 2.05) is 42.1 Å². The SMILES string of the molecule is Cc1ccc(CNCCSc2ccccc2)cc1F. The topological polar surface area (TPSA) is 12.0 Å². The van der Waals surface area contributed by atoms with Gasteiger partial charge in [-0.3, -0.25) is 0 Å². The molecule has 1 N–H and O–H groups in total. The maximum absolute atomic E-state index is 13.3. The van der Waals surface area contributed by atoms with Gasteiger partial charge in [-0.1, -0.05) is 30.3 Å². The van der Waals surface area contributed by atoms with Crippen LogP contribution in [0.15, 0.2) is 53.4 Å². The Balaban J connectivity index is 1.68. The molecule has 0 heterocycles. The highest BCUT2D eigenvalue weighted by atomic mass is 32.2. The minimum Gasteiger partial charge on any atom is -0.312 e. The van der Waals surface area contributed by atoms with Gasteiger partial charge in [0.05, 0.1) is 0 Å². The summed E-state index contributed by atoms with van der Waals surface area (Å²) in [7, 11) is 0. The summed E-state index contributed by atoms with van der Waals surface area (Å²) in [4.78, 5) is 1.28. The van der Waals surface area contributed by atoms with Crippen LogP contribution < -0.4 is 5.32 Å². The van der Waals surface area contributed by atoms with Gasteiger partial charge in [0.25, 0.3) is 0 Å². The lowest BCUT2D eigenvalue weighted by molar-refractivity contribution is 0.613. The van der Waals surface area contributed by atoms with Crippen molar-refractivity contribution in [3.8, 4) is 0 Å². The van der Waals surface area contributed by atoms with Crippen molar-refractivity contribution in [3.63, 3.8) is 0 Å². The van der Waals surface area contributed by atoms with Crippen LogP contribution in [-0.4, -0.2) is 12.3 Å². The van der Waals surface area contributed by atoms with Gasteiger partial charge in [0.15, 0.2) is 0 Å². The monoisotopic (exact) mass is 275 g/mol. The van der Waals surface area contributed by atoms with Crippen LogP contribution in [0.3, 0.4) is 0 Å². The lowest BCUT2D eigenvalue weighted by Gasteiger charge is -2.06. The van der Waals surface area contributed by atoms with E-state index in [0.717, 1.165) is 17.9 Å². The van der Waals surface area contributed by atoms with E-state index in [4.69, 9.17) is 0 Å². The highest BCUT2D eigenvalue weighted by molar-refractivity contribution is 7.99. The molecule has 3 heteroatoms. The van der Waals surface area contributed by atoms with Gasteiger partial charge in [0.2, 0.25) is 0 Å². The lowest BCUT2D eigenvalue weighted by atomic mass is 10.1. The van der Waals surface area contributed by atoms with Crippen molar-refractivity contribution >= 4 is 11.8 Å². The number of aryl methyl sites for hydroxylation is 1. The molecule has 19 heavy (non-hydrogen) atoms. The molecule has 0 aliphatic rings. The summed E-state index contributed by atoms with van der Waals surface area (Å²) in [5.74, 6) is 0.885. The van der Waals surface area contributed by atoms with Crippen molar-refractivity contribution in [2.24, 2.45) is 0 Å². The summed E-state index contributed by atoms with van der Waals surface area (Å²) in [6.45, 7) is 3.41. The minimum atomic E-state index is -0.127. The molecule has 2 aromatic carbocycles. The van der Waals surface area contributed by atoms with Crippen LogP contribution in [0.1, 0.15) is 11.1 Å². The summed E-state index contributed by atoms with van der Waals surface area (Å²) in [5, 5.41) is 3.33. The van der Waals surface area contributed by atoms with Crippen molar-refractivity contribution in [1.29, 1.82) is 0 Å². The van der Waals surface area contributed by atoms with Crippen LogP contribution in [0.4, 0.5) is 4.39 Å². The molecule has 0 bridgehead atoms. The Morgan fingerprint density at radius 3 is 2.63 bits per heavy atom. The number of halogens is 1. The number of hydrogen-bond acceptors (Lipinski definition) is 2. The quantitative estimate of drug-likeness (QED) is 0.631. The maximum Gasteiger partial charge on any atom is 0.126 e. The van der Waals surface area contributed by atoms with Crippen LogP contribution in [-0.2, 0) is 6.54 Å². The highest BCUT2D eigenvalue weighted by Gasteiger charge is 1.99. The Hall–Kier alpha value is -1.32. The zero-order chi connectivity index (χ0) is 13.5. The van der Waals surface area contributed by atoms with E-state index in [1.165, 1.54) is 4.90 Å². The van der Waals surface area contributed by atoms with E-state index in [-0.39, 0.29) is 5.82 Å². The fourth-order valence-electron chi connectivity index (χ4n) is 1.74. The smallest absolute Gasteiger partial charge is 0.126 e. The van der Waals surface area contributed by atoms with E-state index >= 15 is 0 Å². The van der Waals surface area contributed by atoms with E-state index < -0.39 is 0 Å². The molecule has 0 aliphatic carbocycles. The third-order valence-electron chi connectivity index (χ3n) is 2.86. The third-order valence-corrected chi connectivity index (χ3v) is 3.87. The Morgan fingerprint density at radius 2 is 1.89 bits per heavy atom. The van der Waals surface area contributed by atoms with Crippen LogP contribution in [0.25, 0.3) is 0 Å². The highest BCUT2D eigenvalue weighted by Crippen LogP contribution is 2.15. The summed E-state index contributed by atoms with van der Waals surface area (Å²) in [5.41, 5.74) is 1.69. The first-order valence-corrected chi connectivity index (χ1v) is 7.38. The first-order chi connectivity index (χ1) is 9.25. The molecule has 0 aromatic heterocycles. The van der Waals surface area contributed by atoms with Gasteiger partial charge in [0.1, 0.15) is 5.82 Å². The van der Waals surface area contributed by atoms with Gasteiger partial charge < -0.3 is 5.32 Å². The average Bonchev–Trinajstić information content (AvgIpc) is 2.43. The first kappa shape index (κ1) is 14.1. The standard InChI is InChI=1S/C16H18FNS/c1-13-7-8-14(11-16(13)17)12-18-9-10-19-15-5-3-2-4-6-15/h2-8,11,18H,9-10,12H2,1H3. The molecule has 0 aliphatic heterocycles. The lowest BCUT2D eigenvalue weighted by Crippen LogP contribution is -2.16. The molecule has 0 unspecified atom stereocenters. The molecule has 2 rings (SSSR count). The van der Waals surface area contributed by atoms with E-state index in [9.17, 15) is 4.39 Å². The van der Waals surface area contributed by atoms with Crippen LogP contribution >= 0.6 is 11.8 Å². The molecule has 0 spiro atoms. The zero-order valence-corrected chi connectivity index (χ0v) is 11.8. The first-order valence-electron chi connectivity index (χ1n) is 6.39. The van der Waals surface area contributed by atoms with Crippen molar-refractivity contribution in [2.75, 3.05) is 12.3 Å². The summed E-state index contributed by atoms with van der Waals surface area (Å²) in [6.07, 6.45) is 0. The summed E-state index contributed by atoms with van der Waals surface area (Å²) in [6, 6.07) is 15.7. The van der Waals surface area contributed by atoms with Gasteiger partial charge in [-0.25, -0.2) is 4.39 Å². The van der Waals surface area contributed by atoms with Gasteiger partial charge in [0, 0.05) is 23.7 Å². The van der Waals surface area contributed by atoms with Crippen molar-refractivity contribution < 1.29 is 4.39 Å². The number of benzene rings is 2. The van der Waals surface area contributed by atoms with Gasteiger partial charge in [-0.05, 0) is 36.2 Å². The van der Waals surface area contributed by atoms with Crippen molar-refractivity contribution in [2.45, 2.75) is 18.4 Å². The molecule has 0 saturated carbocycles. The number of hydrogen-bond donors (Lipinski definition) is 1. The normalized spacial score (nSPS) is 10.6. The third kappa shape index (κ3) is 4.69. The van der Waals surface area contributed by atoms with Crippen LogP contribution in [0, 0.1) is 12.7 Å². The Morgan fingerprint density at radius 1 is 1.11 bits per heavy atom. The van der Waals surface area contributed by atoms with Crippen LogP contribution in [0.2, 0.25) is 0 Å². The summed E-state index contributed by atoms with van der Waals surface area (Å²) >= 11 is 1.82. The minimum absolute atomic E-state index is 0.127. The van der Waals surface area contributed by atoms with Crippen molar-refractivity contribution in [3.05, 3.63) is 65.5 Å². The zero-order valence-electron chi connectivity index (χ0n) is 11.0. The molecular weight excluding hydrogens is 257 g/mol. The van der Waals surface area contributed by atoms with Gasteiger partial charge >= 0.3 is 0 Å². The molecule has 2 aromatic rings. The molecule has 0 amide bonds. The van der Waals surface area contributed by atoms with Crippen molar-refractivity contribution in [1.82, 2.24) is 5.32 Å². The molecule has 0 atom stereocenters.